The lowest BCUT2D eigenvalue weighted by atomic mass is 10.1. The number of amides is 1. The number of ether oxygens (including phenoxy) is 1. The second kappa shape index (κ2) is 5.82. The highest BCUT2D eigenvalue weighted by Crippen LogP contribution is 2.13. The lowest BCUT2D eigenvalue weighted by Crippen LogP contribution is -2.14. The maximum Gasteiger partial charge on any atom is 0.228 e. The van der Waals surface area contributed by atoms with Crippen LogP contribution in [0.25, 0.3) is 0 Å². The fourth-order valence-corrected chi connectivity index (χ4v) is 1.61. The fourth-order valence-electron chi connectivity index (χ4n) is 1.61. The van der Waals surface area contributed by atoms with Crippen molar-refractivity contribution in [1.82, 2.24) is 4.98 Å². The molecule has 0 aliphatic rings. The third kappa shape index (κ3) is 3.31. The second-order valence-electron chi connectivity index (χ2n) is 3.82. The van der Waals surface area contributed by atoms with Crippen LogP contribution >= 0.6 is 0 Å². The van der Waals surface area contributed by atoms with Gasteiger partial charge in [-0.2, -0.15) is 0 Å². The zero-order valence-electron chi connectivity index (χ0n) is 10.1. The Morgan fingerprint density at radius 2 is 2.22 bits per heavy atom. The van der Waals surface area contributed by atoms with Gasteiger partial charge in [0.05, 0.1) is 25.4 Å². The summed E-state index contributed by atoms with van der Waals surface area (Å²) in [4.78, 5) is 15.7. The maximum absolute atomic E-state index is 11.8. The molecule has 92 valence electrons. The van der Waals surface area contributed by atoms with E-state index in [1.807, 2.05) is 24.3 Å². The van der Waals surface area contributed by atoms with E-state index in [0.717, 1.165) is 11.3 Å². The lowest BCUT2D eigenvalue weighted by molar-refractivity contribution is -0.115. The summed E-state index contributed by atoms with van der Waals surface area (Å²) in [5.41, 5.74) is 1.61. The van der Waals surface area contributed by atoms with Crippen LogP contribution in [0.4, 0.5) is 5.69 Å². The summed E-state index contributed by atoms with van der Waals surface area (Å²) < 4.78 is 5.11. The Kier molecular flexibility index (Phi) is 3.91. The lowest BCUT2D eigenvalue weighted by Gasteiger charge is -2.06. The molecular weight excluding hydrogens is 228 g/mol. The highest BCUT2D eigenvalue weighted by Gasteiger charge is 2.04. The van der Waals surface area contributed by atoms with E-state index in [0.29, 0.717) is 12.1 Å². The first-order chi connectivity index (χ1) is 8.78. The number of hydrogen-bond donors (Lipinski definition) is 1. The average molecular weight is 242 g/mol. The van der Waals surface area contributed by atoms with E-state index in [2.05, 4.69) is 10.3 Å². The molecule has 18 heavy (non-hydrogen) atoms. The zero-order chi connectivity index (χ0) is 12.8. The van der Waals surface area contributed by atoms with E-state index in [4.69, 9.17) is 4.74 Å². The molecule has 4 heteroatoms. The third-order valence-electron chi connectivity index (χ3n) is 2.44. The van der Waals surface area contributed by atoms with E-state index in [1.165, 1.54) is 0 Å². The first-order valence-corrected chi connectivity index (χ1v) is 5.61. The topological polar surface area (TPSA) is 51.2 Å². The number of hydrogen-bond acceptors (Lipinski definition) is 3. The molecule has 1 aromatic carbocycles. The normalized spacial score (nSPS) is 9.83. The van der Waals surface area contributed by atoms with E-state index in [-0.39, 0.29) is 5.91 Å². The monoisotopic (exact) mass is 242 g/mol. The molecule has 0 fully saturated rings. The van der Waals surface area contributed by atoms with E-state index in [9.17, 15) is 4.79 Å². The number of nitrogens with one attached hydrogen (secondary N) is 1. The van der Waals surface area contributed by atoms with Crippen LogP contribution in [0, 0.1) is 0 Å². The Labute approximate surface area is 106 Å². The molecule has 1 amide bonds. The van der Waals surface area contributed by atoms with Crippen molar-refractivity contribution in [2.75, 3.05) is 12.4 Å². The van der Waals surface area contributed by atoms with Crippen LogP contribution in [0.5, 0.6) is 5.75 Å². The number of anilines is 1. The number of pyridine rings is 1. The van der Waals surface area contributed by atoms with E-state index in [1.54, 1.807) is 31.6 Å². The van der Waals surface area contributed by atoms with Gasteiger partial charge in [-0.05, 0) is 29.8 Å². The van der Waals surface area contributed by atoms with Gasteiger partial charge in [0.25, 0.3) is 0 Å². The van der Waals surface area contributed by atoms with Crippen molar-refractivity contribution in [2.24, 2.45) is 0 Å². The molecule has 0 saturated heterocycles. The van der Waals surface area contributed by atoms with E-state index < -0.39 is 0 Å². The van der Waals surface area contributed by atoms with Crippen LogP contribution in [-0.4, -0.2) is 18.0 Å². The molecule has 2 rings (SSSR count). The SMILES string of the molecule is COc1cccc(CC(=O)Nc2cccnc2)c1. The minimum absolute atomic E-state index is 0.0729. The van der Waals surface area contributed by atoms with Crippen molar-refractivity contribution in [3.05, 3.63) is 54.4 Å². The largest absolute Gasteiger partial charge is 0.497 e. The number of rotatable bonds is 4. The summed E-state index contributed by atoms with van der Waals surface area (Å²) in [6.07, 6.45) is 3.59. The highest BCUT2D eigenvalue weighted by molar-refractivity contribution is 5.92. The Hall–Kier alpha value is -2.36. The average Bonchev–Trinajstić information content (AvgIpc) is 2.40. The summed E-state index contributed by atoms with van der Waals surface area (Å²) in [6, 6.07) is 11.0. The molecule has 4 nitrogen and oxygen atoms in total. The third-order valence-corrected chi connectivity index (χ3v) is 2.44. The number of methoxy groups -OCH3 is 1. The van der Waals surface area contributed by atoms with Crippen LogP contribution in [0.15, 0.2) is 48.8 Å². The molecule has 1 aromatic heterocycles. The van der Waals surface area contributed by atoms with Gasteiger partial charge in [-0.3, -0.25) is 9.78 Å². The molecule has 2 aromatic rings. The van der Waals surface area contributed by atoms with Crippen molar-refractivity contribution < 1.29 is 9.53 Å². The molecule has 0 saturated carbocycles. The van der Waals surface area contributed by atoms with Gasteiger partial charge < -0.3 is 10.1 Å². The summed E-state index contributed by atoms with van der Waals surface area (Å²) in [6.45, 7) is 0. The van der Waals surface area contributed by atoms with Gasteiger partial charge in [0.15, 0.2) is 0 Å². The van der Waals surface area contributed by atoms with Crippen molar-refractivity contribution >= 4 is 11.6 Å². The second-order valence-corrected chi connectivity index (χ2v) is 3.82. The summed E-state index contributed by atoms with van der Waals surface area (Å²) in [7, 11) is 1.61. The number of carbonyl (C=O) groups excluding carboxylic acids is 1. The summed E-state index contributed by atoms with van der Waals surface area (Å²) >= 11 is 0. The highest BCUT2D eigenvalue weighted by atomic mass is 16.5. The van der Waals surface area contributed by atoms with Gasteiger partial charge in [0.1, 0.15) is 5.75 Å². The van der Waals surface area contributed by atoms with Gasteiger partial charge in [-0.15, -0.1) is 0 Å². The number of nitrogens with zero attached hydrogens (tertiary/aromatic N) is 1. The molecule has 0 aliphatic heterocycles. The van der Waals surface area contributed by atoms with Crippen molar-refractivity contribution in [2.45, 2.75) is 6.42 Å². The number of aromatic nitrogens is 1. The van der Waals surface area contributed by atoms with Gasteiger partial charge in [0.2, 0.25) is 5.91 Å². The molecule has 0 aliphatic carbocycles. The van der Waals surface area contributed by atoms with Crippen LogP contribution in [0.3, 0.4) is 0 Å². The maximum atomic E-state index is 11.8. The minimum Gasteiger partial charge on any atom is -0.497 e. The molecule has 1 heterocycles. The zero-order valence-corrected chi connectivity index (χ0v) is 10.1. The van der Waals surface area contributed by atoms with Gasteiger partial charge >= 0.3 is 0 Å². The van der Waals surface area contributed by atoms with Gasteiger partial charge in [-0.1, -0.05) is 12.1 Å². The molecule has 0 spiro atoms. The van der Waals surface area contributed by atoms with Crippen LogP contribution < -0.4 is 10.1 Å². The Morgan fingerprint density at radius 1 is 1.33 bits per heavy atom. The standard InChI is InChI=1S/C14H14N2O2/c1-18-13-6-2-4-11(8-13)9-14(17)16-12-5-3-7-15-10-12/h2-8,10H,9H2,1H3,(H,16,17). The van der Waals surface area contributed by atoms with Gasteiger partial charge in [0, 0.05) is 6.20 Å². The van der Waals surface area contributed by atoms with Crippen LogP contribution in [0.1, 0.15) is 5.56 Å². The van der Waals surface area contributed by atoms with Gasteiger partial charge in [-0.25, -0.2) is 0 Å². The number of carbonyl (C=O) groups is 1. The number of benzene rings is 1. The Bertz CT molecular complexity index is 526. The van der Waals surface area contributed by atoms with E-state index >= 15 is 0 Å². The van der Waals surface area contributed by atoms with Crippen molar-refractivity contribution in [3.63, 3.8) is 0 Å². The molecule has 1 N–H and O–H groups in total. The molecular formula is C14H14N2O2. The molecule has 0 unspecified atom stereocenters. The predicted octanol–water partition coefficient (Wildman–Crippen LogP) is 2.27. The smallest absolute Gasteiger partial charge is 0.228 e. The summed E-state index contributed by atoms with van der Waals surface area (Å²) in [5.74, 6) is 0.679. The molecule has 0 atom stereocenters. The predicted molar refractivity (Wildman–Crippen MR) is 69.6 cm³/mol. The Balaban J connectivity index is 1.99. The van der Waals surface area contributed by atoms with Crippen LogP contribution in [0.2, 0.25) is 0 Å². The van der Waals surface area contributed by atoms with Crippen LogP contribution in [-0.2, 0) is 11.2 Å². The van der Waals surface area contributed by atoms with Crippen molar-refractivity contribution in [3.8, 4) is 5.75 Å². The molecule has 0 bridgehead atoms. The molecule has 0 radical (unpaired) electrons. The fraction of sp³-hybridized carbons (Fsp3) is 0.143. The first kappa shape index (κ1) is 12.1. The quantitative estimate of drug-likeness (QED) is 0.894. The first-order valence-electron chi connectivity index (χ1n) is 5.61. The Morgan fingerprint density at radius 3 is 2.94 bits per heavy atom. The summed E-state index contributed by atoms with van der Waals surface area (Å²) in [5, 5.41) is 2.79. The van der Waals surface area contributed by atoms with Crippen molar-refractivity contribution in [1.29, 1.82) is 0 Å². The minimum atomic E-state index is -0.0729.